The van der Waals surface area contributed by atoms with Crippen LogP contribution in [-0.4, -0.2) is 6.26 Å². The SMILES string of the molecule is C=C1Nc2cc(Cl)ccc2[S+]1C. The average Bonchev–Trinajstić information content (AvgIpc) is 2.28. The van der Waals surface area contributed by atoms with Crippen LogP contribution in [0.1, 0.15) is 0 Å². The van der Waals surface area contributed by atoms with E-state index >= 15 is 0 Å². The van der Waals surface area contributed by atoms with Crippen molar-refractivity contribution in [3.8, 4) is 0 Å². The zero-order valence-electron chi connectivity index (χ0n) is 6.73. The van der Waals surface area contributed by atoms with Crippen molar-refractivity contribution < 1.29 is 0 Å². The Morgan fingerprint density at radius 3 is 3.00 bits per heavy atom. The molecule has 0 amide bonds. The first kappa shape index (κ1) is 8.02. The van der Waals surface area contributed by atoms with E-state index in [1.807, 2.05) is 12.1 Å². The summed E-state index contributed by atoms with van der Waals surface area (Å²) in [6.45, 7) is 3.94. The molecule has 2 rings (SSSR count). The molecule has 0 aromatic heterocycles. The molecule has 3 heteroatoms. The van der Waals surface area contributed by atoms with Gasteiger partial charge in [-0.05, 0) is 24.8 Å². The van der Waals surface area contributed by atoms with Crippen LogP contribution in [0.25, 0.3) is 0 Å². The Bertz CT molecular complexity index is 348. The molecule has 1 unspecified atom stereocenters. The molecule has 1 aliphatic rings. The topological polar surface area (TPSA) is 12.0 Å². The van der Waals surface area contributed by atoms with E-state index in [2.05, 4.69) is 24.2 Å². The highest BCUT2D eigenvalue weighted by Gasteiger charge is 2.31. The van der Waals surface area contributed by atoms with Gasteiger partial charge < -0.3 is 5.32 Å². The van der Waals surface area contributed by atoms with Crippen LogP contribution in [0, 0.1) is 0 Å². The van der Waals surface area contributed by atoms with Crippen LogP contribution in [0.15, 0.2) is 34.7 Å². The van der Waals surface area contributed by atoms with Gasteiger partial charge in [0.2, 0.25) is 5.03 Å². The number of hydrogen-bond donors (Lipinski definition) is 1. The molecule has 1 heterocycles. The molecule has 1 atom stereocenters. The normalized spacial score (nSPS) is 20.5. The average molecular weight is 199 g/mol. The highest BCUT2D eigenvalue weighted by Crippen LogP contribution is 2.35. The monoisotopic (exact) mass is 198 g/mol. The summed E-state index contributed by atoms with van der Waals surface area (Å²) in [5.74, 6) is 0. The highest BCUT2D eigenvalue weighted by molar-refractivity contribution is 8.00. The second-order valence-corrected chi connectivity index (χ2v) is 5.09. The molecular formula is C9H9ClNS+. The largest absolute Gasteiger partial charge is 0.312 e. The minimum Gasteiger partial charge on any atom is -0.312 e. The molecule has 62 valence electrons. The van der Waals surface area contributed by atoms with Crippen molar-refractivity contribution in [2.75, 3.05) is 11.6 Å². The fraction of sp³-hybridized carbons (Fsp3) is 0.111. The molecule has 0 saturated carbocycles. The van der Waals surface area contributed by atoms with Crippen LogP contribution in [0.3, 0.4) is 0 Å². The van der Waals surface area contributed by atoms with Gasteiger partial charge in [0, 0.05) is 5.02 Å². The van der Waals surface area contributed by atoms with Crippen LogP contribution in [0.5, 0.6) is 0 Å². The first-order chi connectivity index (χ1) is 5.68. The third kappa shape index (κ3) is 1.11. The Hall–Kier alpha value is -0.600. The van der Waals surface area contributed by atoms with E-state index < -0.39 is 0 Å². The summed E-state index contributed by atoms with van der Waals surface area (Å²) in [5.41, 5.74) is 1.11. The summed E-state index contributed by atoms with van der Waals surface area (Å²) in [6.07, 6.45) is 2.16. The first-order valence-corrected chi connectivity index (χ1v) is 5.61. The van der Waals surface area contributed by atoms with Crippen LogP contribution in [0.2, 0.25) is 5.02 Å². The zero-order valence-corrected chi connectivity index (χ0v) is 8.30. The van der Waals surface area contributed by atoms with E-state index in [4.69, 9.17) is 11.6 Å². The van der Waals surface area contributed by atoms with Crippen molar-refractivity contribution in [1.29, 1.82) is 0 Å². The van der Waals surface area contributed by atoms with Gasteiger partial charge >= 0.3 is 0 Å². The lowest BCUT2D eigenvalue weighted by molar-refractivity contribution is 1.46. The third-order valence-electron chi connectivity index (χ3n) is 1.92. The van der Waals surface area contributed by atoms with Gasteiger partial charge in [0.1, 0.15) is 6.26 Å². The Morgan fingerprint density at radius 1 is 1.50 bits per heavy atom. The van der Waals surface area contributed by atoms with Crippen LogP contribution < -0.4 is 5.32 Å². The molecule has 12 heavy (non-hydrogen) atoms. The second-order valence-electron chi connectivity index (χ2n) is 2.70. The lowest BCUT2D eigenvalue weighted by Crippen LogP contribution is -1.97. The zero-order chi connectivity index (χ0) is 8.72. The van der Waals surface area contributed by atoms with E-state index in [-0.39, 0.29) is 10.9 Å². The van der Waals surface area contributed by atoms with Crippen LogP contribution in [-0.2, 0) is 10.9 Å². The van der Waals surface area contributed by atoms with Crippen molar-refractivity contribution in [3.63, 3.8) is 0 Å². The second kappa shape index (κ2) is 2.71. The van der Waals surface area contributed by atoms with Gasteiger partial charge in [0.15, 0.2) is 4.90 Å². The molecule has 1 N–H and O–H groups in total. The predicted molar refractivity (Wildman–Crippen MR) is 55.8 cm³/mol. The number of anilines is 1. The molecule has 0 bridgehead atoms. The lowest BCUT2D eigenvalue weighted by atomic mass is 10.3. The molecule has 1 aliphatic heterocycles. The van der Waals surface area contributed by atoms with E-state index in [1.165, 1.54) is 4.90 Å². The smallest absolute Gasteiger partial charge is 0.223 e. The third-order valence-corrected chi connectivity index (χ3v) is 4.01. The maximum absolute atomic E-state index is 5.85. The number of benzene rings is 1. The van der Waals surface area contributed by atoms with Gasteiger partial charge in [0.25, 0.3) is 0 Å². The van der Waals surface area contributed by atoms with Gasteiger partial charge in [-0.3, -0.25) is 0 Å². The number of halogens is 1. The molecule has 0 radical (unpaired) electrons. The molecule has 1 aromatic carbocycles. The lowest BCUT2D eigenvalue weighted by Gasteiger charge is -1.92. The number of nitrogens with one attached hydrogen (secondary N) is 1. The van der Waals surface area contributed by atoms with Gasteiger partial charge in [-0.25, -0.2) is 0 Å². The maximum atomic E-state index is 5.85. The summed E-state index contributed by atoms with van der Waals surface area (Å²) >= 11 is 5.85. The minimum absolute atomic E-state index is 0.135. The molecule has 0 aliphatic carbocycles. The summed E-state index contributed by atoms with van der Waals surface area (Å²) in [5, 5.41) is 5.07. The summed E-state index contributed by atoms with van der Waals surface area (Å²) in [4.78, 5) is 1.31. The summed E-state index contributed by atoms with van der Waals surface area (Å²) < 4.78 is 0. The van der Waals surface area contributed by atoms with E-state index in [0.29, 0.717) is 0 Å². The molecule has 1 aromatic rings. The van der Waals surface area contributed by atoms with Crippen molar-refractivity contribution in [2.24, 2.45) is 0 Å². The predicted octanol–water partition coefficient (Wildman–Crippen LogP) is 2.84. The fourth-order valence-corrected chi connectivity index (χ4v) is 2.64. The van der Waals surface area contributed by atoms with Crippen molar-refractivity contribution in [1.82, 2.24) is 0 Å². The number of hydrogen-bond acceptors (Lipinski definition) is 1. The van der Waals surface area contributed by atoms with Gasteiger partial charge in [-0.15, -0.1) is 0 Å². The van der Waals surface area contributed by atoms with Crippen molar-refractivity contribution in [3.05, 3.63) is 34.8 Å². The molecular weight excluding hydrogens is 190 g/mol. The quantitative estimate of drug-likeness (QED) is 0.633. The number of rotatable bonds is 0. The summed E-state index contributed by atoms with van der Waals surface area (Å²) in [7, 11) is 0.135. The fourth-order valence-electron chi connectivity index (χ4n) is 1.23. The van der Waals surface area contributed by atoms with Gasteiger partial charge in [-0.2, -0.15) is 0 Å². The van der Waals surface area contributed by atoms with Crippen LogP contribution >= 0.6 is 11.6 Å². The standard InChI is InChI=1S/C9H9ClNS/c1-6-11-8-5-7(10)3-4-9(8)12(6)2/h3-5,11H,1H2,2H3/q+1. The van der Waals surface area contributed by atoms with E-state index in [1.54, 1.807) is 0 Å². The van der Waals surface area contributed by atoms with Gasteiger partial charge in [0.05, 0.1) is 16.6 Å². The highest BCUT2D eigenvalue weighted by atomic mass is 35.5. The molecule has 1 nitrogen and oxygen atoms in total. The Morgan fingerprint density at radius 2 is 2.25 bits per heavy atom. The van der Waals surface area contributed by atoms with Crippen molar-refractivity contribution in [2.45, 2.75) is 4.90 Å². The molecule has 0 fully saturated rings. The Kier molecular flexibility index (Phi) is 1.81. The Labute approximate surface area is 79.8 Å². The molecule has 0 saturated heterocycles. The molecule has 0 spiro atoms. The van der Waals surface area contributed by atoms with Crippen molar-refractivity contribution >= 4 is 28.2 Å². The first-order valence-electron chi connectivity index (χ1n) is 3.60. The van der Waals surface area contributed by atoms with E-state index in [9.17, 15) is 0 Å². The Balaban J connectivity index is 2.54. The summed E-state index contributed by atoms with van der Waals surface area (Å²) in [6, 6.07) is 5.93. The minimum atomic E-state index is 0.135. The van der Waals surface area contributed by atoms with E-state index in [0.717, 1.165) is 15.7 Å². The number of fused-ring (bicyclic) bond motifs is 1. The van der Waals surface area contributed by atoms with Crippen LogP contribution in [0.4, 0.5) is 5.69 Å². The van der Waals surface area contributed by atoms with Gasteiger partial charge in [-0.1, -0.05) is 11.6 Å². The maximum Gasteiger partial charge on any atom is 0.223 e.